The molecule has 3 N–H and O–H groups in total. The Morgan fingerprint density at radius 2 is 1.68 bits per heavy atom. The van der Waals surface area contributed by atoms with E-state index >= 15 is 0 Å². The van der Waals surface area contributed by atoms with Gasteiger partial charge in [0.2, 0.25) is 0 Å². The lowest BCUT2D eigenvalue weighted by atomic mass is 10.1. The number of fused-ring (bicyclic) bond motifs is 1. The Labute approximate surface area is 126 Å². The maximum atomic E-state index is 10.8. The summed E-state index contributed by atoms with van der Waals surface area (Å²) in [6.45, 7) is 0. The number of benzene rings is 3. The molecule has 0 fully saturated rings. The van der Waals surface area contributed by atoms with Gasteiger partial charge >= 0.3 is 0 Å². The second kappa shape index (κ2) is 5.90. The van der Waals surface area contributed by atoms with E-state index < -0.39 is 5.23 Å². The molecule has 0 aromatic heterocycles. The number of azo groups is 1. The molecule has 0 aliphatic rings. The number of nitrogens with one attached hydrogen (secondary N) is 1. The van der Waals surface area contributed by atoms with Crippen LogP contribution in [0.4, 0.5) is 17.1 Å². The standard InChI is InChI=1S/C16H13N3O3/c20-14-9-4-11-2-1-3-16(15(11)10-14)18-17-12-5-7-13(8-6-12)19(21)22/h1-10,19-21H. The molecule has 0 aliphatic carbocycles. The number of quaternary nitrogens is 1. The van der Waals surface area contributed by atoms with Crippen LogP contribution in [0.5, 0.6) is 5.75 Å². The number of nitrogens with zero attached hydrogens (tertiary/aromatic N) is 2. The van der Waals surface area contributed by atoms with Crippen molar-refractivity contribution in [2.75, 3.05) is 0 Å². The molecule has 1 unspecified atom stereocenters. The van der Waals surface area contributed by atoms with Crippen LogP contribution in [0.25, 0.3) is 10.8 Å². The number of phenolic OH excluding ortho intramolecular Hbond substituents is 1. The van der Waals surface area contributed by atoms with E-state index in [2.05, 4.69) is 10.2 Å². The van der Waals surface area contributed by atoms with Crippen LogP contribution in [-0.2, 0) is 0 Å². The second-order valence-electron chi connectivity index (χ2n) is 4.73. The number of rotatable bonds is 3. The molecule has 0 radical (unpaired) electrons. The lowest BCUT2D eigenvalue weighted by Gasteiger charge is -2.10. The molecule has 3 aromatic rings. The van der Waals surface area contributed by atoms with Crippen LogP contribution in [0.3, 0.4) is 0 Å². The highest BCUT2D eigenvalue weighted by molar-refractivity contribution is 5.93. The molecule has 22 heavy (non-hydrogen) atoms. The van der Waals surface area contributed by atoms with Crippen LogP contribution in [0.2, 0.25) is 0 Å². The van der Waals surface area contributed by atoms with E-state index in [4.69, 9.17) is 5.21 Å². The first kappa shape index (κ1) is 14.2. The highest BCUT2D eigenvalue weighted by Gasteiger charge is 2.02. The fourth-order valence-corrected chi connectivity index (χ4v) is 2.11. The van der Waals surface area contributed by atoms with Gasteiger partial charge in [-0.05, 0) is 35.7 Å². The number of phenols is 1. The predicted octanol–water partition coefficient (Wildman–Crippen LogP) is 3.36. The highest BCUT2D eigenvalue weighted by atomic mass is 16.8. The summed E-state index contributed by atoms with van der Waals surface area (Å²) in [4.78, 5) is 0. The monoisotopic (exact) mass is 295 g/mol. The first-order chi connectivity index (χ1) is 10.6. The number of hydrogen-bond acceptors (Lipinski definition) is 5. The van der Waals surface area contributed by atoms with E-state index in [-0.39, 0.29) is 11.4 Å². The van der Waals surface area contributed by atoms with E-state index in [1.165, 1.54) is 12.1 Å². The SMILES string of the molecule is [O-][NH+](O)c1ccc(N=Nc2cccc3ccc(O)cc23)cc1. The maximum Gasteiger partial charge on any atom is 0.163 e. The van der Waals surface area contributed by atoms with Crippen molar-refractivity contribution < 1.29 is 15.5 Å². The molecule has 0 saturated heterocycles. The van der Waals surface area contributed by atoms with Gasteiger partial charge in [0.15, 0.2) is 5.69 Å². The zero-order valence-electron chi connectivity index (χ0n) is 11.5. The largest absolute Gasteiger partial charge is 0.595 e. The second-order valence-corrected chi connectivity index (χ2v) is 4.73. The third-order valence-corrected chi connectivity index (χ3v) is 3.23. The summed E-state index contributed by atoms with van der Waals surface area (Å²) < 4.78 is 0. The average Bonchev–Trinajstić information content (AvgIpc) is 2.53. The van der Waals surface area contributed by atoms with E-state index in [1.807, 2.05) is 18.2 Å². The third-order valence-electron chi connectivity index (χ3n) is 3.23. The summed E-state index contributed by atoms with van der Waals surface area (Å²) in [6.07, 6.45) is 0. The lowest BCUT2D eigenvalue weighted by Crippen LogP contribution is -2.99. The van der Waals surface area contributed by atoms with Crippen LogP contribution in [-0.4, -0.2) is 10.3 Å². The van der Waals surface area contributed by atoms with Crippen molar-refractivity contribution >= 4 is 27.8 Å². The molecular formula is C16H13N3O3. The quantitative estimate of drug-likeness (QED) is 0.511. The van der Waals surface area contributed by atoms with Crippen LogP contribution in [0, 0.1) is 5.21 Å². The Morgan fingerprint density at radius 3 is 2.41 bits per heavy atom. The molecule has 0 saturated carbocycles. The Kier molecular flexibility index (Phi) is 3.80. The van der Waals surface area contributed by atoms with Gasteiger partial charge in [-0.25, -0.2) is 5.21 Å². The minimum absolute atomic E-state index is 0.168. The third kappa shape index (κ3) is 2.94. The van der Waals surface area contributed by atoms with Gasteiger partial charge in [0.1, 0.15) is 5.75 Å². The molecule has 6 heteroatoms. The van der Waals surface area contributed by atoms with Gasteiger partial charge in [-0.1, -0.05) is 18.2 Å². The summed E-state index contributed by atoms with van der Waals surface area (Å²) in [5.41, 5.74) is 1.40. The first-order valence-electron chi connectivity index (χ1n) is 6.60. The molecule has 1 atom stereocenters. The topological polar surface area (TPSA) is 92.7 Å². The van der Waals surface area contributed by atoms with Gasteiger partial charge < -0.3 is 10.3 Å². The molecule has 0 bridgehead atoms. The average molecular weight is 295 g/mol. The first-order valence-corrected chi connectivity index (χ1v) is 6.60. The normalized spacial score (nSPS) is 12.8. The molecule has 110 valence electrons. The van der Waals surface area contributed by atoms with Gasteiger partial charge in [0.25, 0.3) is 0 Å². The summed E-state index contributed by atoms with van der Waals surface area (Å²) in [7, 11) is 0. The van der Waals surface area contributed by atoms with Crippen molar-refractivity contribution in [2.45, 2.75) is 0 Å². The smallest absolute Gasteiger partial charge is 0.163 e. The summed E-state index contributed by atoms with van der Waals surface area (Å²) in [5, 5.41) is 38.3. The minimum atomic E-state index is -0.979. The van der Waals surface area contributed by atoms with Crippen molar-refractivity contribution in [3.8, 4) is 5.75 Å². The highest BCUT2D eigenvalue weighted by Crippen LogP contribution is 2.30. The molecule has 0 spiro atoms. The molecule has 0 amide bonds. The van der Waals surface area contributed by atoms with Crippen LogP contribution in [0.15, 0.2) is 70.9 Å². The van der Waals surface area contributed by atoms with E-state index in [1.54, 1.807) is 30.3 Å². The molecule has 0 aliphatic heterocycles. The molecule has 3 rings (SSSR count). The molecule has 3 aromatic carbocycles. The van der Waals surface area contributed by atoms with Crippen LogP contribution >= 0.6 is 0 Å². The van der Waals surface area contributed by atoms with Gasteiger partial charge in [0.05, 0.1) is 11.4 Å². The van der Waals surface area contributed by atoms with Gasteiger partial charge in [-0.15, -0.1) is 5.11 Å². The van der Waals surface area contributed by atoms with E-state index in [0.29, 0.717) is 11.4 Å². The Hall–Kier alpha value is -2.80. The molecular weight excluding hydrogens is 282 g/mol. The van der Waals surface area contributed by atoms with Gasteiger partial charge in [-0.2, -0.15) is 10.3 Å². The lowest BCUT2D eigenvalue weighted by molar-refractivity contribution is -0.991. The van der Waals surface area contributed by atoms with Crippen LogP contribution in [0.1, 0.15) is 0 Å². The fourth-order valence-electron chi connectivity index (χ4n) is 2.11. The van der Waals surface area contributed by atoms with Crippen molar-refractivity contribution in [3.05, 3.63) is 65.9 Å². The Morgan fingerprint density at radius 1 is 0.909 bits per heavy atom. The summed E-state index contributed by atoms with van der Waals surface area (Å²) in [5.74, 6) is 0.168. The predicted molar refractivity (Wildman–Crippen MR) is 82.0 cm³/mol. The summed E-state index contributed by atoms with van der Waals surface area (Å²) >= 11 is 0. The summed E-state index contributed by atoms with van der Waals surface area (Å²) in [6, 6.07) is 16.8. The fraction of sp³-hybridized carbons (Fsp3) is 0. The molecule has 6 nitrogen and oxygen atoms in total. The van der Waals surface area contributed by atoms with Crippen molar-refractivity contribution in [1.29, 1.82) is 0 Å². The Bertz CT molecular complexity index is 830. The zero-order chi connectivity index (χ0) is 15.5. The number of hydrogen-bond donors (Lipinski definition) is 3. The van der Waals surface area contributed by atoms with Crippen molar-refractivity contribution in [2.24, 2.45) is 10.2 Å². The van der Waals surface area contributed by atoms with Gasteiger partial charge in [0, 0.05) is 17.5 Å². The molecule has 0 heterocycles. The van der Waals surface area contributed by atoms with E-state index in [9.17, 15) is 10.3 Å². The minimum Gasteiger partial charge on any atom is -0.595 e. The van der Waals surface area contributed by atoms with E-state index in [0.717, 1.165) is 10.8 Å². The van der Waals surface area contributed by atoms with Crippen molar-refractivity contribution in [1.82, 2.24) is 0 Å². The zero-order valence-corrected chi connectivity index (χ0v) is 11.5. The van der Waals surface area contributed by atoms with Crippen molar-refractivity contribution in [3.63, 3.8) is 0 Å². The maximum absolute atomic E-state index is 10.8. The van der Waals surface area contributed by atoms with Crippen LogP contribution < -0.4 is 5.23 Å². The van der Waals surface area contributed by atoms with Gasteiger partial charge in [-0.3, -0.25) is 0 Å². The Balaban J connectivity index is 1.93. The number of aromatic hydroxyl groups is 1.